The summed E-state index contributed by atoms with van der Waals surface area (Å²) in [7, 11) is 0. The smallest absolute Gasteiger partial charge is 0.0206 e. The zero-order valence-corrected chi connectivity index (χ0v) is 11.2. The summed E-state index contributed by atoms with van der Waals surface area (Å²) < 4.78 is 0. The van der Waals surface area contributed by atoms with E-state index < -0.39 is 0 Å². The van der Waals surface area contributed by atoms with Crippen LogP contribution < -0.4 is 0 Å². The molecule has 0 aromatic heterocycles. The van der Waals surface area contributed by atoms with Gasteiger partial charge in [0.25, 0.3) is 0 Å². The molecule has 0 amide bonds. The standard InChI is InChI=1S/C16H28/c1-13-8-10-16(11-9-13)14(2)12-15-6-4-3-5-7-15/h12-13,15-16H,3-11H2,1-2H3/b14-12-. The Morgan fingerprint density at radius 2 is 1.50 bits per heavy atom. The predicted octanol–water partition coefficient (Wildman–Crippen LogP) is 5.34. The molecule has 0 aromatic carbocycles. The van der Waals surface area contributed by atoms with Crippen LogP contribution in [0.5, 0.6) is 0 Å². The van der Waals surface area contributed by atoms with Crippen molar-refractivity contribution in [3.63, 3.8) is 0 Å². The van der Waals surface area contributed by atoms with Gasteiger partial charge in [-0.2, -0.15) is 0 Å². The van der Waals surface area contributed by atoms with Gasteiger partial charge in [0.15, 0.2) is 0 Å². The Morgan fingerprint density at radius 1 is 0.875 bits per heavy atom. The highest BCUT2D eigenvalue weighted by Crippen LogP contribution is 2.34. The highest BCUT2D eigenvalue weighted by atomic mass is 14.3. The van der Waals surface area contributed by atoms with E-state index in [2.05, 4.69) is 19.9 Å². The second-order valence-corrected chi connectivity index (χ2v) is 6.27. The van der Waals surface area contributed by atoms with Crippen molar-refractivity contribution in [1.82, 2.24) is 0 Å². The molecule has 0 saturated heterocycles. The summed E-state index contributed by atoms with van der Waals surface area (Å²) in [5.41, 5.74) is 1.72. The molecule has 0 atom stereocenters. The minimum absolute atomic E-state index is 0.924. The molecule has 16 heavy (non-hydrogen) atoms. The monoisotopic (exact) mass is 220 g/mol. The molecule has 0 heteroatoms. The van der Waals surface area contributed by atoms with Gasteiger partial charge in [-0.25, -0.2) is 0 Å². The van der Waals surface area contributed by atoms with Crippen molar-refractivity contribution in [2.24, 2.45) is 17.8 Å². The predicted molar refractivity (Wildman–Crippen MR) is 71.5 cm³/mol. The summed E-state index contributed by atoms with van der Waals surface area (Å²) in [6, 6.07) is 0. The Balaban J connectivity index is 1.85. The lowest BCUT2D eigenvalue weighted by atomic mass is 9.78. The maximum atomic E-state index is 2.64. The van der Waals surface area contributed by atoms with E-state index in [1.807, 2.05) is 0 Å². The summed E-state index contributed by atoms with van der Waals surface area (Å²) >= 11 is 0. The first kappa shape index (κ1) is 12.2. The molecule has 0 N–H and O–H groups in total. The van der Waals surface area contributed by atoms with Crippen molar-refractivity contribution in [1.29, 1.82) is 0 Å². The number of rotatable bonds is 2. The van der Waals surface area contributed by atoms with E-state index in [1.165, 1.54) is 57.8 Å². The largest absolute Gasteiger partial charge is 0.0822 e. The maximum Gasteiger partial charge on any atom is -0.0206 e. The molecule has 92 valence electrons. The summed E-state index contributed by atoms with van der Waals surface area (Å²) in [4.78, 5) is 0. The van der Waals surface area contributed by atoms with Gasteiger partial charge < -0.3 is 0 Å². The third-order valence-electron chi connectivity index (χ3n) is 4.81. The van der Waals surface area contributed by atoms with Gasteiger partial charge >= 0.3 is 0 Å². The van der Waals surface area contributed by atoms with Crippen LogP contribution in [0.4, 0.5) is 0 Å². The Labute approximate surface area is 102 Å². The van der Waals surface area contributed by atoms with Crippen LogP contribution in [-0.2, 0) is 0 Å². The Bertz CT molecular complexity index is 224. The third kappa shape index (κ3) is 3.37. The molecule has 0 spiro atoms. The topological polar surface area (TPSA) is 0 Å². The van der Waals surface area contributed by atoms with Crippen molar-refractivity contribution < 1.29 is 0 Å². The number of hydrogen-bond acceptors (Lipinski definition) is 0. The highest BCUT2D eigenvalue weighted by molar-refractivity contribution is 5.07. The number of allylic oxidation sites excluding steroid dienone is 2. The first-order valence-electron chi connectivity index (χ1n) is 7.44. The van der Waals surface area contributed by atoms with E-state index in [4.69, 9.17) is 0 Å². The van der Waals surface area contributed by atoms with Crippen LogP contribution in [0.1, 0.15) is 71.6 Å². The molecule has 0 nitrogen and oxygen atoms in total. The fraction of sp³-hybridized carbons (Fsp3) is 0.875. The molecule has 2 aliphatic rings. The third-order valence-corrected chi connectivity index (χ3v) is 4.81. The van der Waals surface area contributed by atoms with E-state index in [9.17, 15) is 0 Å². The fourth-order valence-electron chi connectivity index (χ4n) is 3.52. The van der Waals surface area contributed by atoms with E-state index in [0.29, 0.717) is 0 Å². The molecule has 2 aliphatic carbocycles. The van der Waals surface area contributed by atoms with Gasteiger partial charge in [0.05, 0.1) is 0 Å². The summed E-state index contributed by atoms with van der Waals surface area (Å²) in [6.07, 6.45) is 15.8. The minimum Gasteiger partial charge on any atom is -0.0822 e. The molecule has 0 aromatic rings. The van der Waals surface area contributed by atoms with Crippen molar-refractivity contribution in [3.8, 4) is 0 Å². The molecule has 2 rings (SSSR count). The van der Waals surface area contributed by atoms with Crippen LogP contribution in [0.15, 0.2) is 11.6 Å². The second-order valence-electron chi connectivity index (χ2n) is 6.27. The average Bonchev–Trinajstić information content (AvgIpc) is 2.31. The van der Waals surface area contributed by atoms with Crippen LogP contribution in [0.25, 0.3) is 0 Å². The van der Waals surface area contributed by atoms with Crippen LogP contribution in [-0.4, -0.2) is 0 Å². The van der Waals surface area contributed by atoms with E-state index in [1.54, 1.807) is 5.57 Å². The van der Waals surface area contributed by atoms with Crippen LogP contribution >= 0.6 is 0 Å². The highest BCUT2D eigenvalue weighted by Gasteiger charge is 2.20. The normalized spacial score (nSPS) is 34.0. The Morgan fingerprint density at radius 3 is 2.12 bits per heavy atom. The van der Waals surface area contributed by atoms with E-state index in [-0.39, 0.29) is 0 Å². The van der Waals surface area contributed by atoms with Gasteiger partial charge in [0.1, 0.15) is 0 Å². The minimum atomic E-state index is 0.924. The summed E-state index contributed by atoms with van der Waals surface area (Å²) in [5, 5.41) is 0. The van der Waals surface area contributed by atoms with Crippen molar-refractivity contribution in [3.05, 3.63) is 11.6 Å². The first-order chi connectivity index (χ1) is 7.75. The summed E-state index contributed by atoms with van der Waals surface area (Å²) in [6.45, 7) is 4.81. The SMILES string of the molecule is C/C(=C/C1CCCCC1)C1CCC(C)CC1. The van der Waals surface area contributed by atoms with Crippen LogP contribution in [0.2, 0.25) is 0 Å². The zero-order valence-electron chi connectivity index (χ0n) is 11.2. The zero-order chi connectivity index (χ0) is 11.4. The Kier molecular flexibility index (Phi) is 4.49. The molecule has 0 heterocycles. The van der Waals surface area contributed by atoms with Crippen molar-refractivity contribution in [2.45, 2.75) is 71.6 Å². The van der Waals surface area contributed by atoms with Gasteiger partial charge in [-0.3, -0.25) is 0 Å². The summed E-state index contributed by atoms with van der Waals surface area (Å²) in [5.74, 6) is 2.84. The molecule has 2 fully saturated rings. The van der Waals surface area contributed by atoms with Gasteiger partial charge in [-0.1, -0.05) is 50.7 Å². The molecule has 0 radical (unpaired) electrons. The quantitative estimate of drug-likeness (QED) is 0.551. The van der Waals surface area contributed by atoms with E-state index >= 15 is 0 Å². The molecule has 0 aliphatic heterocycles. The number of hydrogen-bond donors (Lipinski definition) is 0. The lowest BCUT2D eigenvalue weighted by Crippen LogP contribution is -2.14. The molecular formula is C16H28. The molecule has 2 saturated carbocycles. The van der Waals surface area contributed by atoms with Gasteiger partial charge in [-0.05, 0) is 50.4 Å². The molecule has 0 bridgehead atoms. The van der Waals surface area contributed by atoms with Crippen molar-refractivity contribution >= 4 is 0 Å². The average molecular weight is 220 g/mol. The lowest BCUT2D eigenvalue weighted by Gasteiger charge is -2.28. The maximum absolute atomic E-state index is 2.64. The van der Waals surface area contributed by atoms with Crippen LogP contribution in [0, 0.1) is 17.8 Å². The fourth-order valence-corrected chi connectivity index (χ4v) is 3.52. The second kappa shape index (κ2) is 5.89. The van der Waals surface area contributed by atoms with Gasteiger partial charge in [0, 0.05) is 0 Å². The molecule has 0 unspecified atom stereocenters. The van der Waals surface area contributed by atoms with Gasteiger partial charge in [-0.15, -0.1) is 0 Å². The Hall–Kier alpha value is -0.260. The lowest BCUT2D eigenvalue weighted by molar-refractivity contribution is 0.317. The van der Waals surface area contributed by atoms with Crippen LogP contribution in [0.3, 0.4) is 0 Å². The van der Waals surface area contributed by atoms with Gasteiger partial charge in [0.2, 0.25) is 0 Å². The van der Waals surface area contributed by atoms with Crippen molar-refractivity contribution in [2.75, 3.05) is 0 Å². The van der Waals surface area contributed by atoms with E-state index in [0.717, 1.165) is 17.8 Å². The first-order valence-corrected chi connectivity index (χ1v) is 7.44. The molecular weight excluding hydrogens is 192 g/mol.